The first-order valence-electron chi connectivity index (χ1n) is 6.85. The molecule has 1 aromatic heterocycles. The highest BCUT2D eigenvalue weighted by molar-refractivity contribution is 5.87. The SMILES string of the molecule is COc1cc2ncnc(Oc3cccc(C=O)c3)c2cc1OC. The lowest BCUT2D eigenvalue weighted by atomic mass is 10.2. The first-order chi connectivity index (χ1) is 11.2. The first kappa shape index (κ1) is 14.8. The summed E-state index contributed by atoms with van der Waals surface area (Å²) in [5, 5.41) is 0.682. The Morgan fingerprint density at radius 3 is 2.52 bits per heavy atom. The Hall–Kier alpha value is -3.15. The predicted molar refractivity (Wildman–Crippen MR) is 84.5 cm³/mol. The molecule has 116 valence electrons. The van der Waals surface area contributed by atoms with Gasteiger partial charge in [-0.1, -0.05) is 12.1 Å². The van der Waals surface area contributed by atoms with E-state index < -0.39 is 0 Å². The monoisotopic (exact) mass is 310 g/mol. The molecule has 0 aliphatic carbocycles. The van der Waals surface area contributed by atoms with Crippen LogP contribution < -0.4 is 14.2 Å². The van der Waals surface area contributed by atoms with Gasteiger partial charge in [0, 0.05) is 11.6 Å². The van der Waals surface area contributed by atoms with E-state index in [1.54, 1.807) is 50.6 Å². The lowest BCUT2D eigenvalue weighted by molar-refractivity contribution is 0.112. The molecule has 0 unspecified atom stereocenters. The second-order valence-electron chi connectivity index (χ2n) is 4.70. The second kappa shape index (κ2) is 6.31. The van der Waals surface area contributed by atoms with Gasteiger partial charge in [0.15, 0.2) is 11.5 Å². The molecular formula is C17H14N2O4. The van der Waals surface area contributed by atoms with Crippen molar-refractivity contribution in [3.8, 4) is 23.1 Å². The molecule has 23 heavy (non-hydrogen) atoms. The molecule has 0 atom stereocenters. The minimum atomic E-state index is 0.374. The minimum Gasteiger partial charge on any atom is -0.493 e. The van der Waals surface area contributed by atoms with Gasteiger partial charge in [0.2, 0.25) is 5.88 Å². The van der Waals surface area contributed by atoms with E-state index >= 15 is 0 Å². The Balaban J connectivity index is 2.08. The number of aldehydes is 1. The molecule has 1 heterocycles. The molecule has 0 fully saturated rings. The topological polar surface area (TPSA) is 70.5 Å². The van der Waals surface area contributed by atoms with Crippen molar-refractivity contribution in [2.75, 3.05) is 14.2 Å². The number of carbonyl (C=O) groups excluding carboxylic acids is 1. The molecule has 0 aliphatic rings. The first-order valence-corrected chi connectivity index (χ1v) is 6.85. The zero-order valence-corrected chi connectivity index (χ0v) is 12.6. The van der Waals surface area contributed by atoms with E-state index in [1.807, 2.05) is 0 Å². The number of carbonyl (C=O) groups is 1. The van der Waals surface area contributed by atoms with Gasteiger partial charge in [-0.2, -0.15) is 0 Å². The number of rotatable bonds is 5. The third kappa shape index (κ3) is 2.91. The Bertz CT molecular complexity index is 864. The van der Waals surface area contributed by atoms with Crippen molar-refractivity contribution in [2.45, 2.75) is 0 Å². The third-order valence-electron chi connectivity index (χ3n) is 3.31. The van der Waals surface area contributed by atoms with Gasteiger partial charge in [0.05, 0.1) is 25.1 Å². The van der Waals surface area contributed by atoms with Crippen LogP contribution in [0.4, 0.5) is 0 Å². The Labute approximate surface area is 132 Å². The average Bonchev–Trinajstić information content (AvgIpc) is 2.61. The summed E-state index contributed by atoms with van der Waals surface area (Å²) in [4.78, 5) is 19.3. The van der Waals surface area contributed by atoms with E-state index in [0.29, 0.717) is 39.6 Å². The van der Waals surface area contributed by atoms with Crippen LogP contribution in [0.1, 0.15) is 10.4 Å². The van der Waals surface area contributed by atoms with E-state index in [0.717, 1.165) is 6.29 Å². The zero-order chi connectivity index (χ0) is 16.2. The fraction of sp³-hybridized carbons (Fsp3) is 0.118. The van der Waals surface area contributed by atoms with Crippen molar-refractivity contribution in [3.05, 3.63) is 48.3 Å². The molecule has 6 heteroatoms. The maximum absolute atomic E-state index is 10.9. The molecule has 3 rings (SSSR count). The summed E-state index contributed by atoms with van der Waals surface area (Å²) in [6.07, 6.45) is 2.17. The number of hydrogen-bond acceptors (Lipinski definition) is 6. The minimum absolute atomic E-state index is 0.374. The van der Waals surface area contributed by atoms with Gasteiger partial charge < -0.3 is 14.2 Å². The van der Waals surface area contributed by atoms with Crippen LogP contribution in [0, 0.1) is 0 Å². The van der Waals surface area contributed by atoms with Gasteiger partial charge in [-0.3, -0.25) is 4.79 Å². The molecule has 0 saturated carbocycles. The Kier molecular flexibility index (Phi) is 4.05. The highest BCUT2D eigenvalue weighted by atomic mass is 16.5. The van der Waals surface area contributed by atoms with Crippen LogP contribution in [0.3, 0.4) is 0 Å². The summed E-state index contributed by atoms with van der Waals surface area (Å²) < 4.78 is 16.4. The van der Waals surface area contributed by atoms with Crippen molar-refractivity contribution in [3.63, 3.8) is 0 Å². The van der Waals surface area contributed by atoms with Gasteiger partial charge in [-0.05, 0) is 18.2 Å². The summed E-state index contributed by atoms with van der Waals surface area (Å²) in [5.74, 6) is 2.03. The zero-order valence-electron chi connectivity index (χ0n) is 12.6. The molecular weight excluding hydrogens is 296 g/mol. The lowest BCUT2D eigenvalue weighted by Gasteiger charge is -2.11. The molecule has 0 radical (unpaired) electrons. The van der Waals surface area contributed by atoms with Gasteiger partial charge in [-0.15, -0.1) is 0 Å². The predicted octanol–water partition coefficient (Wildman–Crippen LogP) is 3.25. The fourth-order valence-corrected chi connectivity index (χ4v) is 2.20. The van der Waals surface area contributed by atoms with Crippen molar-refractivity contribution in [1.82, 2.24) is 9.97 Å². The smallest absolute Gasteiger partial charge is 0.230 e. The fourth-order valence-electron chi connectivity index (χ4n) is 2.20. The summed E-state index contributed by atoms with van der Waals surface area (Å²) in [7, 11) is 3.12. The van der Waals surface area contributed by atoms with Crippen molar-refractivity contribution < 1.29 is 19.0 Å². The van der Waals surface area contributed by atoms with E-state index in [-0.39, 0.29) is 0 Å². The van der Waals surface area contributed by atoms with Crippen LogP contribution in [0.2, 0.25) is 0 Å². The molecule has 0 N–H and O–H groups in total. The number of nitrogens with zero attached hydrogens (tertiary/aromatic N) is 2. The van der Waals surface area contributed by atoms with E-state index in [4.69, 9.17) is 14.2 Å². The second-order valence-corrected chi connectivity index (χ2v) is 4.70. The lowest BCUT2D eigenvalue weighted by Crippen LogP contribution is -1.95. The summed E-state index contributed by atoms with van der Waals surface area (Å²) in [6.45, 7) is 0. The van der Waals surface area contributed by atoms with Crippen molar-refractivity contribution in [1.29, 1.82) is 0 Å². The standard InChI is InChI=1S/C17H14N2O4/c1-21-15-7-13-14(8-16(15)22-2)18-10-19-17(13)23-12-5-3-4-11(6-12)9-20/h3-10H,1-2H3. The van der Waals surface area contributed by atoms with E-state index in [9.17, 15) is 4.79 Å². The third-order valence-corrected chi connectivity index (χ3v) is 3.31. The average molecular weight is 310 g/mol. The van der Waals surface area contributed by atoms with Gasteiger partial charge in [-0.25, -0.2) is 9.97 Å². The quantitative estimate of drug-likeness (QED) is 0.674. The van der Waals surface area contributed by atoms with Crippen LogP contribution in [0.15, 0.2) is 42.7 Å². The van der Waals surface area contributed by atoms with Crippen LogP contribution in [-0.4, -0.2) is 30.5 Å². The normalized spacial score (nSPS) is 10.3. The summed E-state index contributed by atoms with van der Waals surface area (Å²) in [5.41, 5.74) is 1.19. The number of benzene rings is 2. The molecule has 6 nitrogen and oxygen atoms in total. The van der Waals surface area contributed by atoms with E-state index in [1.165, 1.54) is 6.33 Å². The van der Waals surface area contributed by atoms with Gasteiger partial charge in [0.25, 0.3) is 0 Å². The van der Waals surface area contributed by atoms with Gasteiger partial charge in [0.1, 0.15) is 18.4 Å². The molecule has 0 spiro atoms. The maximum atomic E-state index is 10.9. The van der Waals surface area contributed by atoms with Crippen LogP contribution in [0.25, 0.3) is 10.9 Å². The highest BCUT2D eigenvalue weighted by Gasteiger charge is 2.12. The van der Waals surface area contributed by atoms with E-state index in [2.05, 4.69) is 9.97 Å². The molecule has 0 amide bonds. The Morgan fingerprint density at radius 2 is 1.78 bits per heavy atom. The van der Waals surface area contributed by atoms with Gasteiger partial charge >= 0.3 is 0 Å². The number of methoxy groups -OCH3 is 2. The summed E-state index contributed by atoms with van der Waals surface area (Å²) in [6, 6.07) is 10.3. The maximum Gasteiger partial charge on any atom is 0.230 e. The largest absolute Gasteiger partial charge is 0.493 e. The van der Waals surface area contributed by atoms with Crippen LogP contribution in [-0.2, 0) is 0 Å². The number of fused-ring (bicyclic) bond motifs is 1. The Morgan fingerprint density at radius 1 is 1.00 bits per heavy atom. The van der Waals surface area contributed by atoms with Crippen LogP contribution in [0.5, 0.6) is 23.1 Å². The highest BCUT2D eigenvalue weighted by Crippen LogP contribution is 2.35. The summed E-state index contributed by atoms with van der Waals surface area (Å²) >= 11 is 0. The molecule has 0 bridgehead atoms. The number of aromatic nitrogens is 2. The van der Waals surface area contributed by atoms with Crippen LogP contribution >= 0.6 is 0 Å². The van der Waals surface area contributed by atoms with Crippen molar-refractivity contribution >= 4 is 17.2 Å². The molecule has 3 aromatic rings. The number of ether oxygens (including phenoxy) is 3. The molecule has 0 aliphatic heterocycles. The molecule has 2 aromatic carbocycles. The molecule has 0 saturated heterocycles. The van der Waals surface area contributed by atoms with Crippen molar-refractivity contribution in [2.24, 2.45) is 0 Å². The number of hydrogen-bond donors (Lipinski definition) is 0.